The average molecular weight is 1030 g/mol. The largest absolute Gasteiger partial charge is 0.396 e. The second kappa shape index (κ2) is 86.9. The van der Waals surface area contributed by atoms with Crippen molar-refractivity contribution >= 4 is 50.7 Å². The zero-order valence-corrected chi connectivity index (χ0v) is 42.6. The SMILES string of the molecule is C.CC.CC.CC.CC.CC.CC.CI.OCC1CCN(C2CCCCC2)C1.OCC1CCNC1.[B]I.[CH-]1CCCCC1.[V].[V].[Y]. The van der Waals surface area contributed by atoms with Gasteiger partial charge in [0.2, 0.25) is 0 Å². The molecule has 0 amide bonds. The van der Waals surface area contributed by atoms with E-state index < -0.39 is 0 Å². The van der Waals surface area contributed by atoms with Gasteiger partial charge in [-0.1, -0.05) is 152 Å². The van der Waals surface area contributed by atoms with Crippen LogP contribution in [0.3, 0.4) is 0 Å². The van der Waals surface area contributed by atoms with Crippen LogP contribution in [0.4, 0.5) is 0 Å². The van der Waals surface area contributed by atoms with Crippen molar-refractivity contribution in [1.82, 2.24) is 10.2 Å². The maximum absolute atomic E-state index is 9.06. The first kappa shape index (κ1) is 78.7. The molecule has 4 fully saturated rings. The maximum Gasteiger partial charge on any atom is 0.169 e. The molecule has 4 rings (SSSR count). The third-order valence-electron chi connectivity index (χ3n) is 6.40. The molecule has 2 saturated heterocycles. The van der Waals surface area contributed by atoms with Crippen LogP contribution in [0, 0.1) is 18.3 Å². The van der Waals surface area contributed by atoms with Gasteiger partial charge in [0.1, 0.15) is 0 Å². The van der Waals surface area contributed by atoms with Crippen LogP contribution in [0.15, 0.2) is 0 Å². The number of halogens is 2. The van der Waals surface area contributed by atoms with Crippen molar-refractivity contribution in [2.24, 2.45) is 11.8 Å². The molecule has 5 radical (unpaired) electrons. The molecular formula is C36H86BI2N2O2V2Y-. The third kappa shape index (κ3) is 59.8. The molecule has 2 aliphatic heterocycles. The fraction of sp³-hybridized carbons (Fsp3) is 0.972. The minimum atomic E-state index is 0. The van der Waals surface area contributed by atoms with E-state index in [2.05, 4.69) is 44.9 Å². The van der Waals surface area contributed by atoms with E-state index in [0.29, 0.717) is 25.0 Å². The second-order valence-electron chi connectivity index (χ2n) is 8.59. The van der Waals surface area contributed by atoms with Crippen LogP contribution >= 0.6 is 45.0 Å². The molecule has 0 bridgehead atoms. The van der Waals surface area contributed by atoms with E-state index >= 15 is 0 Å². The number of nitrogens with zero attached hydrogens (tertiary/aromatic N) is 1. The first-order valence-electron chi connectivity index (χ1n) is 17.9. The minimum absolute atomic E-state index is 0. The molecule has 2 unspecified atom stereocenters. The Bertz CT molecular complexity index is 352. The molecule has 2 aliphatic carbocycles. The van der Waals surface area contributed by atoms with E-state index in [4.69, 9.17) is 10.2 Å². The first-order valence-corrected chi connectivity index (χ1v) is 21.3. The first-order chi connectivity index (χ1) is 20.8. The Morgan fingerprint density at radius 2 is 1.04 bits per heavy atom. The molecule has 0 aromatic heterocycles. The van der Waals surface area contributed by atoms with E-state index in [0.717, 1.165) is 32.1 Å². The van der Waals surface area contributed by atoms with Crippen LogP contribution in [0.2, 0.25) is 0 Å². The molecule has 3 N–H and O–H groups in total. The quantitative estimate of drug-likeness (QED) is 0.114. The fourth-order valence-corrected chi connectivity index (χ4v) is 4.56. The minimum Gasteiger partial charge on any atom is -0.396 e. The summed E-state index contributed by atoms with van der Waals surface area (Å²) in [4.78, 5) is 4.58. The summed E-state index contributed by atoms with van der Waals surface area (Å²) in [6.07, 6.45) is 18.9. The number of alkyl halides is 1. The van der Waals surface area contributed by atoms with Crippen molar-refractivity contribution in [3.63, 3.8) is 0 Å². The monoisotopic (exact) mass is 1030 g/mol. The van der Waals surface area contributed by atoms with Crippen molar-refractivity contribution in [3.8, 4) is 0 Å². The molecule has 2 saturated carbocycles. The summed E-state index contributed by atoms with van der Waals surface area (Å²) in [5.41, 5.74) is 4.47. The Balaban J connectivity index is -0.0000000364. The van der Waals surface area contributed by atoms with Gasteiger partial charge < -0.3 is 26.9 Å². The van der Waals surface area contributed by atoms with Gasteiger partial charge in [-0.05, 0) is 55.5 Å². The summed E-state index contributed by atoms with van der Waals surface area (Å²) >= 11 is 3.80. The van der Waals surface area contributed by atoms with Gasteiger partial charge in [0, 0.05) is 102 Å². The Morgan fingerprint density at radius 3 is 1.28 bits per heavy atom. The molecule has 283 valence electrons. The summed E-state index contributed by atoms with van der Waals surface area (Å²) in [7, 11) is 0. The van der Waals surface area contributed by atoms with Gasteiger partial charge in [-0.15, -0.1) is 0 Å². The Morgan fingerprint density at radius 1 is 0.652 bits per heavy atom. The molecular weight excluding hydrogens is 948 g/mol. The van der Waals surface area contributed by atoms with Crippen molar-refractivity contribution < 1.29 is 80.0 Å². The number of aliphatic hydroxyl groups is 2. The summed E-state index contributed by atoms with van der Waals surface area (Å²) in [6, 6.07) is 0.852. The topological polar surface area (TPSA) is 55.7 Å². The van der Waals surface area contributed by atoms with Gasteiger partial charge in [0.15, 0.2) is 5.70 Å². The van der Waals surface area contributed by atoms with Crippen molar-refractivity contribution in [1.29, 1.82) is 0 Å². The van der Waals surface area contributed by atoms with Crippen molar-refractivity contribution in [2.75, 3.05) is 44.3 Å². The molecule has 46 heavy (non-hydrogen) atoms. The van der Waals surface area contributed by atoms with Gasteiger partial charge in [0.05, 0.1) is 0 Å². The fourth-order valence-electron chi connectivity index (χ4n) is 4.56. The van der Waals surface area contributed by atoms with Crippen LogP contribution in [-0.2, 0) is 69.8 Å². The van der Waals surface area contributed by atoms with E-state index in [1.54, 1.807) is 22.4 Å². The van der Waals surface area contributed by atoms with E-state index in [-0.39, 0.29) is 77.2 Å². The summed E-state index contributed by atoms with van der Waals surface area (Å²) in [5.74, 6) is 1.11. The molecule has 4 aliphatic rings. The van der Waals surface area contributed by atoms with E-state index in [1.165, 1.54) is 77.2 Å². The molecule has 2 heterocycles. The molecule has 0 aromatic carbocycles. The summed E-state index contributed by atoms with van der Waals surface area (Å²) in [5, 5.41) is 20.7. The van der Waals surface area contributed by atoms with Crippen LogP contribution < -0.4 is 5.32 Å². The molecule has 0 aromatic rings. The van der Waals surface area contributed by atoms with Crippen molar-refractivity contribution in [2.45, 2.75) is 174 Å². The van der Waals surface area contributed by atoms with E-state index in [9.17, 15) is 0 Å². The average Bonchev–Trinajstić information content (AvgIpc) is 3.87. The van der Waals surface area contributed by atoms with Crippen molar-refractivity contribution in [3.05, 3.63) is 6.42 Å². The molecule has 0 spiro atoms. The van der Waals surface area contributed by atoms with Gasteiger partial charge >= 0.3 is 0 Å². The van der Waals surface area contributed by atoms with Crippen LogP contribution in [0.1, 0.15) is 168 Å². The zero-order valence-electron chi connectivity index (χ0n) is 32.7. The van der Waals surface area contributed by atoms with Gasteiger partial charge in [-0.25, -0.2) is 0 Å². The van der Waals surface area contributed by atoms with Gasteiger partial charge in [-0.3, -0.25) is 0 Å². The number of nitrogens with one attached hydrogen (secondary N) is 1. The Hall–Kier alpha value is 3.64. The number of hydrogen-bond donors (Lipinski definition) is 3. The normalized spacial score (nSPS) is 18.1. The number of likely N-dealkylation sites (tertiary alicyclic amines) is 1. The third-order valence-corrected chi connectivity index (χ3v) is 6.40. The molecule has 4 nitrogen and oxygen atoms in total. The standard InChI is InChI=1S/C11H21NO.C6H11.C5H11NO.6C2H6.CH3I.CH4.BI.2V.Y/c13-9-10-6-7-12(8-10)11-4-2-1-3-5-11;1-2-4-6-5-3-1;7-4-5-1-2-6-3-5;7*1-2;;1-2;;;/h10-11,13H,1-9H2;1H,2-6H2;5-7H,1-4H2;6*1-2H3;1H3;1H4;;;;/q;-1;;;;;;;;;;;;;. The maximum atomic E-state index is 9.06. The number of aliphatic hydroxyl groups excluding tert-OH is 2. The smallest absolute Gasteiger partial charge is 0.169 e. The van der Waals surface area contributed by atoms with Crippen LogP contribution in [-0.4, -0.2) is 71.2 Å². The Kier molecular flexibility index (Phi) is 149. The van der Waals surface area contributed by atoms with Crippen LogP contribution in [0.25, 0.3) is 0 Å². The predicted molar refractivity (Wildman–Crippen MR) is 224 cm³/mol. The Labute approximate surface area is 372 Å². The molecule has 10 heteroatoms. The van der Waals surface area contributed by atoms with E-state index in [1.807, 2.05) is 88.0 Å². The number of rotatable bonds is 3. The van der Waals surface area contributed by atoms with Gasteiger partial charge in [-0.2, -0.15) is 35.2 Å². The second-order valence-corrected chi connectivity index (χ2v) is 8.59. The predicted octanol–water partition coefficient (Wildman–Crippen LogP) is 11.7. The summed E-state index contributed by atoms with van der Waals surface area (Å²) < 4.78 is 0. The number of hydrogen-bond acceptors (Lipinski definition) is 4. The van der Waals surface area contributed by atoms with Crippen LogP contribution in [0.5, 0.6) is 0 Å². The zero-order chi connectivity index (χ0) is 34.5. The summed E-state index contributed by atoms with van der Waals surface area (Å²) in [6.45, 7) is 29.2. The van der Waals surface area contributed by atoms with Gasteiger partial charge in [0.25, 0.3) is 0 Å². The molecule has 2 atom stereocenters.